The number of carbonyl (C=O) groups excluding carboxylic acids is 1. The minimum Gasteiger partial charge on any atom is -0.494 e. The van der Waals surface area contributed by atoms with Crippen LogP contribution in [0.5, 0.6) is 5.75 Å². The third-order valence-electron chi connectivity index (χ3n) is 4.72. The highest BCUT2D eigenvalue weighted by molar-refractivity contribution is 6.36. The molecule has 0 fully saturated rings. The summed E-state index contributed by atoms with van der Waals surface area (Å²) < 4.78 is 5.76. The number of rotatable bonds is 13. The molecule has 0 atom stereocenters. The molecule has 2 aromatic rings. The molecule has 4 nitrogen and oxygen atoms in total. The van der Waals surface area contributed by atoms with Gasteiger partial charge in [0.2, 0.25) is 0 Å². The van der Waals surface area contributed by atoms with Crippen LogP contribution >= 0.6 is 23.2 Å². The van der Waals surface area contributed by atoms with Crippen LogP contribution in [0.3, 0.4) is 0 Å². The first kappa shape index (κ1) is 24.2. The molecule has 0 bridgehead atoms. The zero-order valence-electron chi connectivity index (χ0n) is 17.5. The van der Waals surface area contributed by atoms with Gasteiger partial charge < -0.3 is 4.74 Å². The molecule has 0 aliphatic heterocycles. The highest BCUT2D eigenvalue weighted by Gasteiger charge is 2.05. The summed E-state index contributed by atoms with van der Waals surface area (Å²) in [5, 5.41) is 4.97. The van der Waals surface area contributed by atoms with E-state index in [2.05, 4.69) is 17.5 Å². The molecular formula is C24H30Cl2N2O2. The number of nitrogens with zero attached hydrogens (tertiary/aromatic N) is 1. The van der Waals surface area contributed by atoms with Crippen molar-refractivity contribution in [2.75, 3.05) is 6.61 Å². The number of hydrogen-bond acceptors (Lipinski definition) is 3. The number of benzene rings is 2. The summed E-state index contributed by atoms with van der Waals surface area (Å²) in [7, 11) is 0. The molecule has 1 amide bonds. The van der Waals surface area contributed by atoms with Gasteiger partial charge in [0, 0.05) is 16.1 Å². The molecule has 0 saturated carbocycles. The topological polar surface area (TPSA) is 50.7 Å². The first-order valence-corrected chi connectivity index (χ1v) is 11.4. The molecule has 6 heteroatoms. The smallest absolute Gasteiger partial charge is 0.271 e. The molecule has 0 aliphatic carbocycles. The normalized spacial score (nSPS) is 11.0. The SMILES string of the molecule is CCCCCCCCCCOc1ccc(C(=O)N/N=C\c2ccc(Cl)cc2Cl)cc1. The Balaban J connectivity index is 1.67. The van der Waals surface area contributed by atoms with Crippen LogP contribution in [0.1, 0.15) is 74.2 Å². The highest BCUT2D eigenvalue weighted by atomic mass is 35.5. The number of nitrogens with one attached hydrogen (secondary N) is 1. The van der Waals surface area contributed by atoms with Gasteiger partial charge in [0.05, 0.1) is 17.8 Å². The molecule has 162 valence electrons. The lowest BCUT2D eigenvalue weighted by Gasteiger charge is -2.07. The maximum absolute atomic E-state index is 12.2. The van der Waals surface area contributed by atoms with E-state index in [0.717, 1.165) is 12.2 Å². The van der Waals surface area contributed by atoms with E-state index in [1.807, 2.05) is 0 Å². The van der Waals surface area contributed by atoms with Gasteiger partial charge in [-0.05, 0) is 42.8 Å². The van der Waals surface area contributed by atoms with Gasteiger partial charge in [-0.15, -0.1) is 0 Å². The van der Waals surface area contributed by atoms with Crippen LogP contribution in [-0.2, 0) is 0 Å². The average Bonchev–Trinajstić information content (AvgIpc) is 2.74. The van der Waals surface area contributed by atoms with E-state index in [9.17, 15) is 4.79 Å². The first-order chi connectivity index (χ1) is 14.6. The van der Waals surface area contributed by atoms with Crippen molar-refractivity contribution in [3.8, 4) is 5.75 Å². The zero-order chi connectivity index (χ0) is 21.6. The highest BCUT2D eigenvalue weighted by Crippen LogP contribution is 2.19. The van der Waals surface area contributed by atoms with Gasteiger partial charge in [0.1, 0.15) is 5.75 Å². The summed E-state index contributed by atoms with van der Waals surface area (Å²) in [6.45, 7) is 2.94. The number of halogens is 2. The Hall–Kier alpha value is -2.04. The molecule has 0 unspecified atom stereocenters. The lowest BCUT2D eigenvalue weighted by Crippen LogP contribution is -2.17. The molecule has 2 rings (SSSR count). The number of carbonyl (C=O) groups is 1. The van der Waals surface area contributed by atoms with Crippen molar-refractivity contribution < 1.29 is 9.53 Å². The Morgan fingerprint density at radius 2 is 1.63 bits per heavy atom. The molecule has 0 spiro atoms. The predicted octanol–water partition coefficient (Wildman–Crippen LogP) is 7.28. The third kappa shape index (κ3) is 9.19. The van der Waals surface area contributed by atoms with E-state index in [-0.39, 0.29) is 5.91 Å². The van der Waals surface area contributed by atoms with Crippen LogP contribution in [0.2, 0.25) is 10.0 Å². The van der Waals surface area contributed by atoms with Crippen LogP contribution in [0.4, 0.5) is 0 Å². The number of amides is 1. The molecule has 0 aliphatic rings. The molecule has 0 aromatic heterocycles. The summed E-state index contributed by atoms with van der Waals surface area (Å²) in [6, 6.07) is 12.1. The zero-order valence-corrected chi connectivity index (χ0v) is 19.0. The van der Waals surface area contributed by atoms with Gasteiger partial charge in [-0.2, -0.15) is 5.10 Å². The Bertz CT molecular complexity index is 807. The van der Waals surface area contributed by atoms with Gasteiger partial charge in [-0.3, -0.25) is 4.79 Å². The van der Waals surface area contributed by atoms with E-state index in [1.165, 1.54) is 51.2 Å². The Kier molecular flexibility index (Phi) is 11.3. The Morgan fingerprint density at radius 3 is 2.30 bits per heavy atom. The fourth-order valence-corrected chi connectivity index (χ4v) is 3.42. The van der Waals surface area contributed by atoms with Gasteiger partial charge in [0.25, 0.3) is 5.91 Å². The fraction of sp³-hybridized carbons (Fsp3) is 0.417. The summed E-state index contributed by atoms with van der Waals surface area (Å²) >= 11 is 11.9. The summed E-state index contributed by atoms with van der Waals surface area (Å²) in [4.78, 5) is 12.2. The second-order valence-electron chi connectivity index (χ2n) is 7.21. The largest absolute Gasteiger partial charge is 0.494 e. The molecule has 0 radical (unpaired) electrons. The van der Waals surface area contributed by atoms with Crippen molar-refractivity contribution in [2.45, 2.75) is 58.3 Å². The lowest BCUT2D eigenvalue weighted by atomic mass is 10.1. The second-order valence-corrected chi connectivity index (χ2v) is 8.06. The molecule has 30 heavy (non-hydrogen) atoms. The van der Waals surface area contributed by atoms with Crippen LogP contribution in [0.25, 0.3) is 0 Å². The first-order valence-electron chi connectivity index (χ1n) is 10.6. The predicted molar refractivity (Wildman–Crippen MR) is 126 cm³/mol. The molecule has 2 aromatic carbocycles. The monoisotopic (exact) mass is 448 g/mol. The van der Waals surface area contributed by atoms with E-state index in [4.69, 9.17) is 27.9 Å². The lowest BCUT2D eigenvalue weighted by molar-refractivity contribution is 0.0955. The van der Waals surface area contributed by atoms with Crippen molar-refractivity contribution in [3.05, 3.63) is 63.6 Å². The van der Waals surface area contributed by atoms with Crippen LogP contribution < -0.4 is 10.2 Å². The van der Waals surface area contributed by atoms with Crippen molar-refractivity contribution >= 4 is 35.3 Å². The molecular weight excluding hydrogens is 419 g/mol. The van der Waals surface area contributed by atoms with Crippen LogP contribution in [-0.4, -0.2) is 18.7 Å². The van der Waals surface area contributed by atoms with Crippen molar-refractivity contribution in [1.82, 2.24) is 5.43 Å². The van der Waals surface area contributed by atoms with Gasteiger partial charge in [0.15, 0.2) is 0 Å². The van der Waals surface area contributed by atoms with E-state index in [0.29, 0.717) is 27.8 Å². The number of hydrogen-bond donors (Lipinski definition) is 1. The fourth-order valence-electron chi connectivity index (χ4n) is 2.96. The van der Waals surface area contributed by atoms with E-state index >= 15 is 0 Å². The number of ether oxygens (including phenoxy) is 1. The number of hydrazone groups is 1. The average molecular weight is 449 g/mol. The van der Waals surface area contributed by atoms with E-state index in [1.54, 1.807) is 42.5 Å². The maximum atomic E-state index is 12.2. The van der Waals surface area contributed by atoms with Crippen molar-refractivity contribution in [3.63, 3.8) is 0 Å². The third-order valence-corrected chi connectivity index (χ3v) is 5.28. The second kappa shape index (κ2) is 14.1. The molecule has 0 saturated heterocycles. The van der Waals surface area contributed by atoms with Crippen LogP contribution in [0, 0.1) is 0 Å². The van der Waals surface area contributed by atoms with Crippen molar-refractivity contribution in [1.29, 1.82) is 0 Å². The quantitative estimate of drug-likeness (QED) is 0.199. The Labute approximate surface area is 189 Å². The molecule has 1 N–H and O–H groups in total. The summed E-state index contributed by atoms with van der Waals surface area (Å²) in [6.07, 6.45) is 11.7. The maximum Gasteiger partial charge on any atom is 0.271 e. The van der Waals surface area contributed by atoms with Gasteiger partial charge in [-0.25, -0.2) is 5.43 Å². The Morgan fingerprint density at radius 1 is 0.967 bits per heavy atom. The minimum atomic E-state index is -0.300. The van der Waals surface area contributed by atoms with Gasteiger partial charge in [-0.1, -0.05) is 81.1 Å². The summed E-state index contributed by atoms with van der Waals surface area (Å²) in [5.74, 6) is 0.469. The van der Waals surface area contributed by atoms with E-state index < -0.39 is 0 Å². The van der Waals surface area contributed by atoms with Crippen LogP contribution in [0.15, 0.2) is 47.6 Å². The standard InChI is InChI=1S/C24H30Cl2N2O2/c1-2-3-4-5-6-7-8-9-16-30-22-14-11-19(12-15-22)24(29)28-27-18-20-10-13-21(25)17-23(20)26/h10-15,17-18H,2-9,16H2,1H3,(H,28,29)/b27-18-. The van der Waals surface area contributed by atoms with Gasteiger partial charge >= 0.3 is 0 Å². The number of unbranched alkanes of at least 4 members (excludes halogenated alkanes) is 7. The van der Waals surface area contributed by atoms with Crippen molar-refractivity contribution in [2.24, 2.45) is 5.10 Å². The minimum absolute atomic E-state index is 0.300. The summed E-state index contributed by atoms with van der Waals surface area (Å²) in [5.41, 5.74) is 3.67. The molecule has 0 heterocycles.